The summed E-state index contributed by atoms with van der Waals surface area (Å²) in [6, 6.07) is 6.61. The average Bonchev–Trinajstić information content (AvgIpc) is 2.62. The molecule has 2 heterocycles. The van der Waals surface area contributed by atoms with Crippen molar-refractivity contribution in [1.82, 2.24) is 14.5 Å². The van der Waals surface area contributed by atoms with Gasteiger partial charge in [0.05, 0.1) is 4.90 Å². The van der Waals surface area contributed by atoms with E-state index in [1.54, 1.807) is 22.5 Å². The maximum absolute atomic E-state index is 13.0. The molecule has 0 radical (unpaired) electrons. The van der Waals surface area contributed by atoms with Crippen LogP contribution in [0.15, 0.2) is 29.2 Å². The normalized spacial score (nSPS) is 24.8. The third-order valence-corrected chi connectivity index (χ3v) is 7.20. The summed E-state index contributed by atoms with van der Waals surface area (Å²) in [5.74, 6) is -0.0993. The van der Waals surface area contributed by atoms with Crippen LogP contribution in [0, 0.1) is 0 Å². The van der Waals surface area contributed by atoms with Crippen LogP contribution in [-0.4, -0.2) is 61.8 Å². The molecule has 1 amide bonds. The number of piperidine rings is 1. The van der Waals surface area contributed by atoms with Crippen molar-refractivity contribution in [2.24, 2.45) is 0 Å². The minimum atomic E-state index is -3.56. The molecule has 0 aromatic heterocycles. The highest BCUT2D eigenvalue weighted by Crippen LogP contribution is 2.26. The minimum absolute atomic E-state index is 0. The van der Waals surface area contributed by atoms with Gasteiger partial charge in [0.25, 0.3) is 5.91 Å². The van der Waals surface area contributed by atoms with Gasteiger partial charge in [0.15, 0.2) is 0 Å². The third-order valence-electron chi connectivity index (χ3n) is 5.19. The summed E-state index contributed by atoms with van der Waals surface area (Å²) in [5.41, 5.74) is 0.444. The molecule has 2 fully saturated rings. The van der Waals surface area contributed by atoms with Crippen LogP contribution in [-0.2, 0) is 10.0 Å². The van der Waals surface area contributed by atoms with Crippen LogP contribution in [0.2, 0.25) is 0 Å². The molecule has 2 aliphatic rings. The lowest BCUT2D eigenvalue weighted by Crippen LogP contribution is -2.52. The molecule has 2 saturated heterocycles. The molecular weight excluding hydrogens is 374 g/mol. The standard InChI is InChI=1S/C18H27N3O3S.ClH/c1-14-6-3-4-10-21(14)25(23,24)17-8-5-7-16(12-17)18(22)20-11-9-19-13-15(20)2;/h5,7-8,12,14-15,19H,3-4,6,9-11,13H2,1-2H3;1H/t14?,15-;/m0./s1. The lowest BCUT2D eigenvalue weighted by Gasteiger charge is -2.34. The first kappa shape index (κ1) is 21.2. The largest absolute Gasteiger partial charge is 0.333 e. The minimum Gasteiger partial charge on any atom is -0.333 e. The Kier molecular flexibility index (Phi) is 7.07. The number of nitrogens with one attached hydrogen (secondary N) is 1. The zero-order valence-corrected chi connectivity index (χ0v) is 17.0. The first-order valence-electron chi connectivity index (χ1n) is 9.05. The molecule has 146 valence electrons. The van der Waals surface area contributed by atoms with Crippen molar-refractivity contribution < 1.29 is 13.2 Å². The van der Waals surface area contributed by atoms with E-state index >= 15 is 0 Å². The average molecular weight is 402 g/mol. The molecule has 0 saturated carbocycles. The van der Waals surface area contributed by atoms with Crippen molar-refractivity contribution >= 4 is 28.3 Å². The Morgan fingerprint density at radius 2 is 1.92 bits per heavy atom. The zero-order chi connectivity index (χ0) is 18.0. The molecular formula is C18H28ClN3O3S. The van der Waals surface area contributed by atoms with Gasteiger partial charge in [0, 0.05) is 43.8 Å². The second-order valence-corrected chi connectivity index (χ2v) is 8.93. The van der Waals surface area contributed by atoms with Crippen LogP contribution in [0.25, 0.3) is 0 Å². The Morgan fingerprint density at radius 1 is 1.15 bits per heavy atom. The van der Waals surface area contributed by atoms with Crippen LogP contribution in [0.5, 0.6) is 0 Å². The maximum atomic E-state index is 13.0. The molecule has 1 unspecified atom stereocenters. The Bertz CT molecular complexity index is 741. The molecule has 2 atom stereocenters. The zero-order valence-electron chi connectivity index (χ0n) is 15.3. The van der Waals surface area contributed by atoms with E-state index in [-0.39, 0.29) is 35.3 Å². The molecule has 1 N–H and O–H groups in total. The van der Waals surface area contributed by atoms with E-state index in [0.717, 1.165) is 32.4 Å². The number of halogens is 1. The molecule has 8 heteroatoms. The summed E-state index contributed by atoms with van der Waals surface area (Å²) >= 11 is 0. The maximum Gasteiger partial charge on any atom is 0.254 e. The van der Waals surface area contributed by atoms with Gasteiger partial charge in [0.2, 0.25) is 10.0 Å². The van der Waals surface area contributed by atoms with E-state index in [2.05, 4.69) is 5.32 Å². The Labute approximate surface area is 162 Å². The highest BCUT2D eigenvalue weighted by molar-refractivity contribution is 7.89. The number of amides is 1. The second kappa shape index (κ2) is 8.69. The fraction of sp³-hybridized carbons (Fsp3) is 0.611. The fourth-order valence-corrected chi connectivity index (χ4v) is 5.41. The van der Waals surface area contributed by atoms with Gasteiger partial charge >= 0.3 is 0 Å². The number of carbonyl (C=O) groups excluding carboxylic acids is 1. The van der Waals surface area contributed by atoms with Gasteiger partial charge in [-0.15, -0.1) is 12.4 Å². The lowest BCUT2D eigenvalue weighted by molar-refractivity contribution is 0.0655. The third kappa shape index (κ3) is 4.22. The number of rotatable bonds is 3. The van der Waals surface area contributed by atoms with Gasteiger partial charge in [-0.1, -0.05) is 12.5 Å². The summed E-state index contributed by atoms with van der Waals surface area (Å²) in [6.45, 7) is 6.67. The van der Waals surface area contributed by atoms with Gasteiger partial charge in [-0.25, -0.2) is 8.42 Å². The molecule has 2 aliphatic heterocycles. The quantitative estimate of drug-likeness (QED) is 0.842. The summed E-state index contributed by atoms with van der Waals surface area (Å²) < 4.78 is 27.6. The molecule has 1 aromatic rings. The summed E-state index contributed by atoms with van der Waals surface area (Å²) in [4.78, 5) is 14.8. The smallest absolute Gasteiger partial charge is 0.254 e. The predicted octanol–water partition coefficient (Wildman–Crippen LogP) is 2.11. The van der Waals surface area contributed by atoms with E-state index in [1.165, 1.54) is 6.07 Å². The molecule has 1 aromatic carbocycles. The lowest BCUT2D eigenvalue weighted by atomic mass is 10.1. The monoisotopic (exact) mass is 401 g/mol. The van der Waals surface area contributed by atoms with Crippen molar-refractivity contribution in [3.8, 4) is 0 Å². The number of hydrogen-bond donors (Lipinski definition) is 1. The van der Waals surface area contributed by atoms with Crippen LogP contribution in [0.1, 0.15) is 43.5 Å². The highest BCUT2D eigenvalue weighted by Gasteiger charge is 2.32. The number of nitrogens with zero attached hydrogens (tertiary/aromatic N) is 2. The summed E-state index contributed by atoms with van der Waals surface area (Å²) in [5, 5.41) is 3.26. The summed E-state index contributed by atoms with van der Waals surface area (Å²) in [7, 11) is -3.56. The number of sulfonamides is 1. The number of piperazine rings is 1. The van der Waals surface area contributed by atoms with E-state index in [0.29, 0.717) is 18.7 Å². The number of carbonyl (C=O) groups is 1. The number of hydrogen-bond acceptors (Lipinski definition) is 4. The van der Waals surface area contributed by atoms with E-state index in [9.17, 15) is 13.2 Å². The first-order chi connectivity index (χ1) is 11.9. The van der Waals surface area contributed by atoms with Crippen molar-refractivity contribution in [2.75, 3.05) is 26.2 Å². The van der Waals surface area contributed by atoms with Gasteiger partial charge in [-0.3, -0.25) is 4.79 Å². The summed E-state index contributed by atoms with van der Waals surface area (Å²) in [6.07, 6.45) is 2.84. The van der Waals surface area contributed by atoms with Crippen molar-refractivity contribution in [2.45, 2.75) is 50.1 Å². The molecule has 0 bridgehead atoms. The highest BCUT2D eigenvalue weighted by atomic mass is 35.5. The van der Waals surface area contributed by atoms with E-state index in [4.69, 9.17) is 0 Å². The van der Waals surface area contributed by atoms with Gasteiger partial charge < -0.3 is 10.2 Å². The fourth-order valence-electron chi connectivity index (χ4n) is 3.66. The number of benzene rings is 1. The van der Waals surface area contributed by atoms with E-state index < -0.39 is 10.0 Å². The van der Waals surface area contributed by atoms with Crippen LogP contribution in [0.3, 0.4) is 0 Å². The first-order valence-corrected chi connectivity index (χ1v) is 10.5. The van der Waals surface area contributed by atoms with Crippen molar-refractivity contribution in [1.29, 1.82) is 0 Å². The molecule has 0 spiro atoms. The molecule has 0 aliphatic carbocycles. The SMILES string of the molecule is CC1CCCCN1S(=O)(=O)c1cccc(C(=O)N2CCNC[C@@H]2C)c1.Cl. The molecule has 3 rings (SSSR count). The Morgan fingerprint density at radius 3 is 2.62 bits per heavy atom. The van der Waals surface area contributed by atoms with Crippen LogP contribution in [0.4, 0.5) is 0 Å². The van der Waals surface area contributed by atoms with Gasteiger partial charge in [-0.05, 0) is 44.9 Å². The topological polar surface area (TPSA) is 69.7 Å². The van der Waals surface area contributed by atoms with Gasteiger partial charge in [-0.2, -0.15) is 4.31 Å². The van der Waals surface area contributed by atoms with Crippen LogP contribution >= 0.6 is 12.4 Å². The van der Waals surface area contributed by atoms with Crippen LogP contribution < -0.4 is 5.32 Å². The molecule has 6 nitrogen and oxygen atoms in total. The Hall–Kier alpha value is -1.15. The Balaban J connectivity index is 0.00000243. The van der Waals surface area contributed by atoms with Gasteiger partial charge in [0.1, 0.15) is 0 Å². The molecule has 26 heavy (non-hydrogen) atoms. The van der Waals surface area contributed by atoms with Crippen molar-refractivity contribution in [3.05, 3.63) is 29.8 Å². The predicted molar refractivity (Wildman–Crippen MR) is 104 cm³/mol. The second-order valence-electron chi connectivity index (χ2n) is 7.04. The van der Waals surface area contributed by atoms with Crippen molar-refractivity contribution in [3.63, 3.8) is 0 Å². The van der Waals surface area contributed by atoms with E-state index in [1.807, 2.05) is 18.7 Å².